The summed E-state index contributed by atoms with van der Waals surface area (Å²) in [5.41, 5.74) is 0. The molecule has 0 amide bonds. The highest BCUT2D eigenvalue weighted by Gasteiger charge is 2.18. The number of thioether (sulfide) groups is 1. The number of rotatable bonds is 4. The Balaban J connectivity index is 1.91. The Morgan fingerprint density at radius 3 is 2.81 bits per heavy atom. The minimum absolute atomic E-state index is 0.390. The molecule has 1 saturated heterocycles. The van der Waals surface area contributed by atoms with E-state index in [4.69, 9.17) is 0 Å². The van der Waals surface area contributed by atoms with Gasteiger partial charge in [0.2, 0.25) is 0 Å². The van der Waals surface area contributed by atoms with E-state index in [0.717, 1.165) is 23.8 Å². The Hall–Kier alpha value is 0.390. The average molecular weight is 321 g/mol. The lowest BCUT2D eigenvalue weighted by Crippen LogP contribution is -2.11. The van der Waals surface area contributed by atoms with Crippen molar-refractivity contribution in [2.24, 2.45) is 5.92 Å². The van der Waals surface area contributed by atoms with Crippen molar-refractivity contribution >= 4 is 39.0 Å². The molecule has 16 heavy (non-hydrogen) atoms. The molecule has 1 atom stereocenters. The number of alkyl halides is 1. The summed E-state index contributed by atoms with van der Waals surface area (Å²) in [6.45, 7) is 2.17. The van der Waals surface area contributed by atoms with Gasteiger partial charge in [0.05, 0.1) is 4.83 Å². The summed E-state index contributed by atoms with van der Waals surface area (Å²) < 4.78 is 0. The molecule has 2 rings (SSSR count). The second-order valence-electron chi connectivity index (χ2n) is 4.17. The third kappa shape index (κ3) is 3.44. The fraction of sp³-hybridized carbons (Fsp3) is 0.818. The molecule has 1 unspecified atom stereocenters. The number of halogens is 1. The molecule has 2 nitrogen and oxygen atoms in total. The zero-order valence-electron chi connectivity index (χ0n) is 9.49. The maximum absolute atomic E-state index is 4.31. The van der Waals surface area contributed by atoms with Crippen molar-refractivity contribution in [1.29, 1.82) is 0 Å². The number of aromatic nitrogens is 2. The van der Waals surface area contributed by atoms with Gasteiger partial charge in [0, 0.05) is 6.42 Å². The Morgan fingerprint density at radius 1 is 1.38 bits per heavy atom. The van der Waals surface area contributed by atoms with Gasteiger partial charge >= 0.3 is 0 Å². The van der Waals surface area contributed by atoms with Crippen molar-refractivity contribution in [1.82, 2.24) is 10.2 Å². The molecule has 2 heterocycles. The highest BCUT2D eigenvalue weighted by atomic mass is 79.9. The fourth-order valence-corrected chi connectivity index (χ4v) is 4.44. The van der Waals surface area contributed by atoms with Crippen molar-refractivity contribution in [3.63, 3.8) is 0 Å². The summed E-state index contributed by atoms with van der Waals surface area (Å²) in [7, 11) is 0. The second-order valence-corrected chi connectivity index (χ2v) is 7.59. The number of hydrogen-bond acceptors (Lipinski definition) is 4. The van der Waals surface area contributed by atoms with Crippen molar-refractivity contribution in [2.45, 2.75) is 37.4 Å². The van der Waals surface area contributed by atoms with Crippen LogP contribution in [0, 0.1) is 5.92 Å². The quantitative estimate of drug-likeness (QED) is 0.782. The van der Waals surface area contributed by atoms with Gasteiger partial charge in [-0.15, -0.1) is 21.5 Å². The SMILES string of the molecule is CCC(Br)c1nnc(CC2CCSCC2)s1. The fourth-order valence-electron chi connectivity index (χ4n) is 1.85. The molecule has 1 aliphatic heterocycles. The van der Waals surface area contributed by atoms with E-state index < -0.39 is 0 Å². The Morgan fingerprint density at radius 2 is 2.12 bits per heavy atom. The Bertz CT molecular complexity index is 324. The molecule has 0 N–H and O–H groups in total. The molecular formula is C11H17BrN2S2. The molecule has 0 saturated carbocycles. The summed E-state index contributed by atoms with van der Waals surface area (Å²) in [4.78, 5) is 0.390. The number of hydrogen-bond donors (Lipinski definition) is 0. The smallest absolute Gasteiger partial charge is 0.131 e. The normalized spacial score (nSPS) is 19.9. The maximum atomic E-state index is 4.31. The molecule has 1 aliphatic rings. The van der Waals surface area contributed by atoms with Crippen LogP contribution >= 0.6 is 39.0 Å². The van der Waals surface area contributed by atoms with E-state index in [0.29, 0.717) is 4.83 Å². The maximum Gasteiger partial charge on any atom is 0.131 e. The van der Waals surface area contributed by atoms with Crippen LogP contribution in [-0.4, -0.2) is 21.7 Å². The molecular weight excluding hydrogens is 304 g/mol. The van der Waals surface area contributed by atoms with Gasteiger partial charge in [-0.05, 0) is 36.7 Å². The van der Waals surface area contributed by atoms with Gasteiger partial charge in [0.15, 0.2) is 0 Å². The first-order chi connectivity index (χ1) is 7.79. The molecule has 0 spiro atoms. The van der Waals surface area contributed by atoms with E-state index in [1.54, 1.807) is 11.3 Å². The molecule has 0 radical (unpaired) electrons. The zero-order valence-corrected chi connectivity index (χ0v) is 12.7. The van der Waals surface area contributed by atoms with Gasteiger partial charge in [-0.25, -0.2) is 0 Å². The largest absolute Gasteiger partial charge is 0.162 e. The van der Waals surface area contributed by atoms with E-state index in [1.165, 1.54) is 29.4 Å². The van der Waals surface area contributed by atoms with Crippen molar-refractivity contribution in [2.75, 3.05) is 11.5 Å². The molecule has 1 aromatic rings. The van der Waals surface area contributed by atoms with Gasteiger partial charge in [-0.1, -0.05) is 22.9 Å². The van der Waals surface area contributed by atoms with Crippen molar-refractivity contribution in [3.05, 3.63) is 10.0 Å². The van der Waals surface area contributed by atoms with Crippen LogP contribution in [-0.2, 0) is 6.42 Å². The van der Waals surface area contributed by atoms with Crippen LogP contribution < -0.4 is 0 Å². The molecule has 0 bridgehead atoms. The zero-order chi connectivity index (χ0) is 11.4. The standard InChI is InChI=1S/C11H17BrN2S2/c1-2-9(12)11-14-13-10(16-11)7-8-3-5-15-6-4-8/h8-9H,2-7H2,1H3. The first-order valence-corrected chi connectivity index (χ1v) is 8.72. The first kappa shape index (κ1) is 12.8. The third-order valence-electron chi connectivity index (χ3n) is 2.91. The van der Waals surface area contributed by atoms with E-state index in [9.17, 15) is 0 Å². The topological polar surface area (TPSA) is 25.8 Å². The van der Waals surface area contributed by atoms with Crippen molar-refractivity contribution in [3.8, 4) is 0 Å². The van der Waals surface area contributed by atoms with Gasteiger partial charge in [-0.3, -0.25) is 0 Å². The predicted octanol–water partition coefficient (Wildman–Crippen LogP) is 4.07. The molecule has 90 valence electrons. The van der Waals surface area contributed by atoms with E-state index in [1.807, 2.05) is 0 Å². The molecule has 5 heteroatoms. The summed E-state index contributed by atoms with van der Waals surface area (Å²) >= 11 is 7.49. The Kier molecular flexibility index (Phi) is 5.10. The average Bonchev–Trinajstić information content (AvgIpc) is 2.78. The van der Waals surface area contributed by atoms with E-state index in [2.05, 4.69) is 44.8 Å². The monoisotopic (exact) mass is 320 g/mol. The van der Waals surface area contributed by atoms with Crippen LogP contribution in [0.1, 0.15) is 41.0 Å². The van der Waals surface area contributed by atoms with Gasteiger partial charge in [-0.2, -0.15) is 11.8 Å². The molecule has 1 fully saturated rings. The second kappa shape index (κ2) is 6.36. The first-order valence-electron chi connectivity index (χ1n) is 5.83. The van der Waals surface area contributed by atoms with E-state index in [-0.39, 0.29) is 0 Å². The summed E-state index contributed by atoms with van der Waals surface area (Å²) in [5.74, 6) is 3.50. The molecule has 0 aliphatic carbocycles. The highest BCUT2D eigenvalue weighted by Crippen LogP contribution is 2.31. The van der Waals surface area contributed by atoms with Crippen LogP contribution in [0.5, 0.6) is 0 Å². The van der Waals surface area contributed by atoms with E-state index >= 15 is 0 Å². The minimum atomic E-state index is 0.390. The van der Waals surface area contributed by atoms with Crippen molar-refractivity contribution < 1.29 is 0 Å². The van der Waals surface area contributed by atoms with Gasteiger partial charge in [0.1, 0.15) is 10.0 Å². The summed E-state index contributed by atoms with van der Waals surface area (Å²) in [5, 5.41) is 10.9. The van der Waals surface area contributed by atoms with Crippen LogP contribution in [0.25, 0.3) is 0 Å². The highest BCUT2D eigenvalue weighted by molar-refractivity contribution is 9.09. The predicted molar refractivity (Wildman–Crippen MR) is 75.6 cm³/mol. The third-order valence-corrected chi connectivity index (χ3v) is 6.41. The van der Waals surface area contributed by atoms with Crippen LogP contribution in [0.2, 0.25) is 0 Å². The lowest BCUT2D eigenvalue weighted by atomic mass is 9.99. The lowest BCUT2D eigenvalue weighted by Gasteiger charge is -2.19. The van der Waals surface area contributed by atoms with Crippen LogP contribution in [0.4, 0.5) is 0 Å². The lowest BCUT2D eigenvalue weighted by molar-refractivity contribution is 0.485. The van der Waals surface area contributed by atoms with Gasteiger partial charge in [0.25, 0.3) is 0 Å². The van der Waals surface area contributed by atoms with Crippen LogP contribution in [0.15, 0.2) is 0 Å². The summed E-state index contributed by atoms with van der Waals surface area (Å²) in [6.07, 6.45) is 4.92. The number of nitrogens with zero attached hydrogens (tertiary/aromatic N) is 2. The molecule has 1 aromatic heterocycles. The minimum Gasteiger partial charge on any atom is -0.162 e. The van der Waals surface area contributed by atoms with Crippen LogP contribution in [0.3, 0.4) is 0 Å². The van der Waals surface area contributed by atoms with Gasteiger partial charge < -0.3 is 0 Å². The Labute approximate surface area is 114 Å². The molecule has 0 aromatic carbocycles. The summed E-state index contributed by atoms with van der Waals surface area (Å²) in [6, 6.07) is 0.